The van der Waals surface area contributed by atoms with Crippen LogP contribution < -0.4 is 5.32 Å². The van der Waals surface area contributed by atoms with E-state index in [-0.39, 0.29) is 11.9 Å². The third kappa shape index (κ3) is 3.02. The van der Waals surface area contributed by atoms with E-state index >= 15 is 0 Å². The lowest BCUT2D eigenvalue weighted by Gasteiger charge is -2.15. The largest absolute Gasteiger partial charge is 0.350 e. The smallest absolute Gasteiger partial charge is 0.252 e. The van der Waals surface area contributed by atoms with Gasteiger partial charge in [-0.3, -0.25) is 9.78 Å². The number of pyridine rings is 1. The predicted octanol–water partition coefficient (Wildman–Crippen LogP) is 3.35. The maximum absolute atomic E-state index is 12.7. The van der Waals surface area contributed by atoms with Crippen LogP contribution in [-0.2, 0) is 0 Å². The first-order valence-electron chi connectivity index (χ1n) is 8.10. The van der Waals surface area contributed by atoms with Gasteiger partial charge in [-0.1, -0.05) is 12.1 Å². The molecule has 1 atom stereocenters. The van der Waals surface area contributed by atoms with Gasteiger partial charge in [-0.25, -0.2) is 4.98 Å². The van der Waals surface area contributed by atoms with E-state index in [1.165, 1.54) is 5.56 Å². The zero-order valence-electron chi connectivity index (χ0n) is 14.5. The predicted molar refractivity (Wildman–Crippen MR) is 95.2 cm³/mol. The summed E-state index contributed by atoms with van der Waals surface area (Å²) in [6, 6.07) is 6.03. The van der Waals surface area contributed by atoms with Crippen molar-refractivity contribution in [1.82, 2.24) is 19.9 Å². The Morgan fingerprint density at radius 2 is 2.08 bits per heavy atom. The maximum atomic E-state index is 12.7. The van der Waals surface area contributed by atoms with Gasteiger partial charge in [0.25, 0.3) is 5.91 Å². The van der Waals surface area contributed by atoms with Crippen LogP contribution in [0.3, 0.4) is 0 Å². The lowest BCUT2D eigenvalue weighted by molar-refractivity contribution is 0.0950. The molecule has 2 aromatic heterocycles. The first-order chi connectivity index (χ1) is 11.5. The second-order valence-electron chi connectivity index (χ2n) is 6.28. The van der Waals surface area contributed by atoms with Gasteiger partial charge >= 0.3 is 0 Å². The lowest BCUT2D eigenvalue weighted by atomic mass is 10.0. The monoisotopic (exact) mass is 322 g/mol. The zero-order chi connectivity index (χ0) is 17.3. The number of nitrogens with zero attached hydrogens (tertiary/aromatic N) is 3. The van der Waals surface area contributed by atoms with Crippen LogP contribution in [0, 0.1) is 20.8 Å². The maximum Gasteiger partial charge on any atom is 0.252 e. The van der Waals surface area contributed by atoms with Crippen molar-refractivity contribution in [2.24, 2.45) is 0 Å². The summed E-state index contributed by atoms with van der Waals surface area (Å²) in [5.74, 6) is -0.0688. The van der Waals surface area contributed by atoms with Crippen LogP contribution in [-0.4, -0.2) is 27.0 Å². The second-order valence-corrected chi connectivity index (χ2v) is 6.28. The number of amides is 1. The summed E-state index contributed by atoms with van der Waals surface area (Å²) in [7, 11) is 0. The minimum Gasteiger partial charge on any atom is -0.350 e. The number of hydrogen-bond donors (Lipinski definition) is 1. The van der Waals surface area contributed by atoms with Crippen molar-refractivity contribution in [2.45, 2.75) is 33.7 Å². The Bertz CT molecular complexity index is 884. The number of aryl methyl sites for hydroxylation is 3. The summed E-state index contributed by atoms with van der Waals surface area (Å²) < 4.78 is 1.98. The van der Waals surface area contributed by atoms with Gasteiger partial charge in [0.15, 0.2) is 0 Å². The van der Waals surface area contributed by atoms with Crippen LogP contribution in [0.25, 0.3) is 10.9 Å². The average Bonchev–Trinajstić information content (AvgIpc) is 3.10. The van der Waals surface area contributed by atoms with Crippen LogP contribution in [0.5, 0.6) is 0 Å². The Labute approximate surface area is 141 Å². The Morgan fingerprint density at radius 1 is 1.29 bits per heavy atom. The lowest BCUT2D eigenvalue weighted by Crippen LogP contribution is -2.29. The van der Waals surface area contributed by atoms with Crippen molar-refractivity contribution in [3.63, 3.8) is 0 Å². The fourth-order valence-corrected chi connectivity index (χ4v) is 2.82. The van der Waals surface area contributed by atoms with E-state index in [1.54, 1.807) is 12.5 Å². The number of benzene rings is 1. The van der Waals surface area contributed by atoms with Crippen LogP contribution in [0.1, 0.15) is 40.1 Å². The van der Waals surface area contributed by atoms with Crippen molar-refractivity contribution in [2.75, 3.05) is 6.54 Å². The van der Waals surface area contributed by atoms with Crippen molar-refractivity contribution in [1.29, 1.82) is 0 Å². The highest BCUT2D eigenvalue weighted by atomic mass is 16.1. The first-order valence-corrected chi connectivity index (χ1v) is 8.10. The molecule has 0 saturated heterocycles. The van der Waals surface area contributed by atoms with E-state index in [9.17, 15) is 4.79 Å². The first kappa shape index (κ1) is 16.2. The Balaban J connectivity index is 1.88. The van der Waals surface area contributed by atoms with Crippen LogP contribution in [0.15, 0.2) is 36.9 Å². The van der Waals surface area contributed by atoms with Crippen LogP contribution in [0.2, 0.25) is 0 Å². The molecule has 0 unspecified atom stereocenters. The van der Waals surface area contributed by atoms with E-state index in [4.69, 9.17) is 0 Å². The SMILES string of the molecule is Cc1cc(C(=O)NC[C@H](C)n2ccnc2)c2ccc(C)c(C)c2n1. The number of fused-ring (bicyclic) bond motifs is 1. The molecule has 0 spiro atoms. The van der Waals surface area contributed by atoms with E-state index in [0.29, 0.717) is 12.1 Å². The van der Waals surface area contributed by atoms with E-state index < -0.39 is 0 Å². The summed E-state index contributed by atoms with van der Waals surface area (Å²) in [5, 5.41) is 3.92. The number of nitrogens with one attached hydrogen (secondary N) is 1. The molecule has 1 amide bonds. The molecule has 0 saturated carbocycles. The summed E-state index contributed by atoms with van der Waals surface area (Å²) in [4.78, 5) is 21.4. The highest BCUT2D eigenvalue weighted by Crippen LogP contribution is 2.24. The van der Waals surface area contributed by atoms with Gasteiger partial charge in [0, 0.05) is 36.1 Å². The molecule has 0 aliphatic carbocycles. The second kappa shape index (κ2) is 6.43. The van der Waals surface area contributed by atoms with Gasteiger partial charge in [-0.05, 0) is 44.9 Å². The standard InChI is InChI=1S/C19H22N4O/c1-12-5-6-16-17(9-13(2)22-18(16)15(12)4)19(24)21-10-14(3)23-8-7-20-11-23/h5-9,11,14H,10H2,1-4H3,(H,21,24)/t14-/m0/s1. The van der Waals surface area contributed by atoms with Crippen LogP contribution in [0.4, 0.5) is 0 Å². The molecular weight excluding hydrogens is 300 g/mol. The number of rotatable bonds is 4. The van der Waals surface area contributed by atoms with Crippen molar-refractivity contribution < 1.29 is 4.79 Å². The molecule has 1 aromatic carbocycles. The van der Waals surface area contributed by atoms with Gasteiger partial charge in [-0.2, -0.15) is 0 Å². The van der Waals surface area contributed by atoms with Gasteiger partial charge in [0.2, 0.25) is 0 Å². The molecule has 2 heterocycles. The molecule has 5 nitrogen and oxygen atoms in total. The molecule has 0 aliphatic heterocycles. The molecule has 1 N–H and O–H groups in total. The Kier molecular flexibility index (Phi) is 4.34. The minimum absolute atomic E-state index is 0.0688. The van der Waals surface area contributed by atoms with Gasteiger partial charge in [0.05, 0.1) is 17.4 Å². The molecule has 3 rings (SSSR count). The summed E-state index contributed by atoms with van der Waals surface area (Å²) in [6.45, 7) is 8.62. The number of hydrogen-bond acceptors (Lipinski definition) is 3. The van der Waals surface area contributed by atoms with E-state index in [2.05, 4.69) is 22.2 Å². The molecule has 0 radical (unpaired) electrons. The number of imidazole rings is 1. The normalized spacial score (nSPS) is 12.3. The summed E-state index contributed by atoms with van der Waals surface area (Å²) >= 11 is 0. The number of aromatic nitrogens is 3. The molecule has 3 aromatic rings. The number of carbonyl (C=O) groups is 1. The van der Waals surface area contributed by atoms with Gasteiger partial charge < -0.3 is 9.88 Å². The summed E-state index contributed by atoms with van der Waals surface area (Å²) in [5.41, 5.74) is 4.74. The molecule has 0 bridgehead atoms. The fraction of sp³-hybridized carbons (Fsp3) is 0.316. The molecule has 0 aliphatic rings. The van der Waals surface area contributed by atoms with Gasteiger partial charge in [0.1, 0.15) is 0 Å². The average molecular weight is 322 g/mol. The molecule has 0 fully saturated rings. The highest BCUT2D eigenvalue weighted by Gasteiger charge is 2.15. The third-order valence-electron chi connectivity index (χ3n) is 4.47. The molecule has 5 heteroatoms. The van der Waals surface area contributed by atoms with Crippen molar-refractivity contribution >= 4 is 16.8 Å². The molecule has 24 heavy (non-hydrogen) atoms. The van der Waals surface area contributed by atoms with Crippen LogP contribution >= 0.6 is 0 Å². The molecule has 124 valence electrons. The van der Waals surface area contributed by atoms with E-state index in [1.807, 2.05) is 49.7 Å². The Morgan fingerprint density at radius 3 is 2.79 bits per heavy atom. The topological polar surface area (TPSA) is 59.8 Å². The van der Waals surface area contributed by atoms with Crippen molar-refractivity contribution in [3.8, 4) is 0 Å². The number of carbonyl (C=O) groups excluding carboxylic acids is 1. The zero-order valence-corrected chi connectivity index (χ0v) is 14.5. The summed E-state index contributed by atoms with van der Waals surface area (Å²) in [6.07, 6.45) is 5.40. The highest BCUT2D eigenvalue weighted by molar-refractivity contribution is 6.07. The van der Waals surface area contributed by atoms with Crippen molar-refractivity contribution in [3.05, 3.63) is 59.3 Å². The quantitative estimate of drug-likeness (QED) is 0.801. The minimum atomic E-state index is -0.0688. The molecular formula is C19H22N4O. The Hall–Kier alpha value is -2.69. The fourth-order valence-electron chi connectivity index (χ4n) is 2.82. The van der Waals surface area contributed by atoms with E-state index in [0.717, 1.165) is 22.2 Å². The van der Waals surface area contributed by atoms with Gasteiger partial charge in [-0.15, -0.1) is 0 Å². The third-order valence-corrected chi connectivity index (χ3v) is 4.47.